The van der Waals surface area contributed by atoms with E-state index in [0.29, 0.717) is 6.42 Å². The lowest BCUT2D eigenvalue weighted by atomic mass is 10.0. The van der Waals surface area contributed by atoms with Crippen LogP contribution in [0.25, 0.3) is 0 Å². The Kier molecular flexibility index (Phi) is 70.6. The summed E-state index contributed by atoms with van der Waals surface area (Å²) in [6.45, 7) is 4.35. The second-order valence-electron chi connectivity index (χ2n) is 25.7. The van der Waals surface area contributed by atoms with E-state index < -0.39 is 12.1 Å². The highest BCUT2D eigenvalue weighted by Crippen LogP contribution is 2.19. The van der Waals surface area contributed by atoms with Crippen molar-refractivity contribution < 1.29 is 15.0 Å². The van der Waals surface area contributed by atoms with Crippen molar-refractivity contribution in [1.29, 1.82) is 0 Å². The maximum atomic E-state index is 12.5. The first-order valence-electron chi connectivity index (χ1n) is 37.2. The largest absolute Gasteiger partial charge is 0.394 e. The van der Waals surface area contributed by atoms with E-state index in [0.717, 1.165) is 32.1 Å². The molecule has 0 aliphatic heterocycles. The Labute approximate surface area is 503 Å². The van der Waals surface area contributed by atoms with Crippen LogP contribution in [0.2, 0.25) is 0 Å². The molecule has 4 nitrogen and oxygen atoms in total. The molecule has 0 aromatic carbocycles. The molecule has 80 heavy (non-hydrogen) atoms. The molecule has 0 aliphatic carbocycles. The minimum Gasteiger partial charge on any atom is -0.394 e. The van der Waals surface area contributed by atoms with Gasteiger partial charge >= 0.3 is 0 Å². The predicted molar refractivity (Wildman–Crippen MR) is 359 cm³/mol. The maximum Gasteiger partial charge on any atom is 0.220 e. The van der Waals surface area contributed by atoms with E-state index in [4.69, 9.17) is 0 Å². The van der Waals surface area contributed by atoms with Gasteiger partial charge in [-0.3, -0.25) is 4.79 Å². The summed E-state index contributed by atoms with van der Waals surface area (Å²) in [6, 6.07) is -0.639. The highest BCUT2D eigenvalue weighted by Gasteiger charge is 2.18. The van der Waals surface area contributed by atoms with Gasteiger partial charge in [-0.15, -0.1) is 0 Å². The first-order valence-corrected chi connectivity index (χ1v) is 37.2. The van der Waals surface area contributed by atoms with Gasteiger partial charge in [0.2, 0.25) is 5.91 Å². The first-order chi connectivity index (χ1) is 39.7. The molecular formula is C76H147NO3. The molecule has 0 aromatic heterocycles. The minimum atomic E-state index is -0.863. The lowest BCUT2D eigenvalue weighted by Crippen LogP contribution is -2.45. The van der Waals surface area contributed by atoms with Crippen LogP contribution in [0.15, 0.2) is 36.5 Å². The molecule has 0 saturated carbocycles. The van der Waals surface area contributed by atoms with Crippen LogP contribution in [0, 0.1) is 0 Å². The zero-order valence-electron chi connectivity index (χ0n) is 54.9. The summed E-state index contributed by atoms with van der Waals surface area (Å²) < 4.78 is 0. The van der Waals surface area contributed by atoms with E-state index in [1.54, 1.807) is 6.08 Å². The Morgan fingerprint density at radius 1 is 0.287 bits per heavy atom. The van der Waals surface area contributed by atoms with Gasteiger partial charge in [-0.05, 0) is 57.8 Å². The fourth-order valence-electron chi connectivity index (χ4n) is 12.0. The van der Waals surface area contributed by atoms with Gasteiger partial charge < -0.3 is 15.5 Å². The van der Waals surface area contributed by atoms with Crippen LogP contribution < -0.4 is 5.32 Å². The van der Waals surface area contributed by atoms with E-state index >= 15 is 0 Å². The SMILES string of the molecule is CCCCCCCCCC/C=C\CCCCCCCCCCCCCCCCCCCCCCCCCC(=O)NC(CO)C(O)/C=C/CC/C=C/CCCCCCCCCCCCCCCCCCCCCCCCCCCCC. The van der Waals surface area contributed by atoms with Crippen LogP contribution in [0.1, 0.15) is 425 Å². The van der Waals surface area contributed by atoms with Crippen LogP contribution in [0.5, 0.6) is 0 Å². The average Bonchev–Trinajstić information content (AvgIpc) is 3.46. The molecule has 0 saturated heterocycles. The van der Waals surface area contributed by atoms with Gasteiger partial charge in [0.15, 0.2) is 0 Å². The topological polar surface area (TPSA) is 69.6 Å². The number of aliphatic hydroxyl groups excluding tert-OH is 2. The summed E-state index contributed by atoms with van der Waals surface area (Å²) in [5.74, 6) is -0.0646. The molecule has 0 spiro atoms. The summed E-state index contributed by atoms with van der Waals surface area (Å²) in [5, 5.41) is 23.3. The number of aliphatic hydroxyl groups is 2. The van der Waals surface area contributed by atoms with E-state index in [2.05, 4.69) is 43.5 Å². The smallest absolute Gasteiger partial charge is 0.220 e. The van der Waals surface area contributed by atoms with Crippen LogP contribution in [-0.2, 0) is 4.79 Å². The van der Waals surface area contributed by atoms with Gasteiger partial charge in [-0.2, -0.15) is 0 Å². The quantitative estimate of drug-likeness (QED) is 0.0420. The Morgan fingerprint density at radius 2 is 0.487 bits per heavy atom. The van der Waals surface area contributed by atoms with E-state index in [9.17, 15) is 15.0 Å². The number of amides is 1. The fraction of sp³-hybridized carbons (Fsp3) is 0.908. The molecule has 0 aliphatic rings. The van der Waals surface area contributed by atoms with Crippen molar-refractivity contribution in [2.45, 2.75) is 437 Å². The third-order valence-electron chi connectivity index (χ3n) is 17.6. The van der Waals surface area contributed by atoms with Crippen molar-refractivity contribution >= 4 is 5.91 Å². The molecule has 0 rings (SSSR count). The highest BCUT2D eigenvalue weighted by atomic mass is 16.3. The van der Waals surface area contributed by atoms with Gasteiger partial charge in [0, 0.05) is 6.42 Å². The van der Waals surface area contributed by atoms with E-state index in [1.807, 2.05) is 6.08 Å². The van der Waals surface area contributed by atoms with Gasteiger partial charge in [-0.25, -0.2) is 0 Å². The molecule has 474 valence electrons. The molecule has 1 amide bonds. The number of hydrogen-bond acceptors (Lipinski definition) is 3. The second kappa shape index (κ2) is 71.9. The van der Waals surface area contributed by atoms with Gasteiger partial charge in [-0.1, -0.05) is 397 Å². The van der Waals surface area contributed by atoms with Crippen molar-refractivity contribution in [2.75, 3.05) is 6.61 Å². The number of nitrogens with one attached hydrogen (secondary N) is 1. The van der Waals surface area contributed by atoms with Crippen molar-refractivity contribution in [3.63, 3.8) is 0 Å². The lowest BCUT2D eigenvalue weighted by molar-refractivity contribution is -0.123. The number of unbranched alkanes of at least 4 members (excludes halogenated alkanes) is 59. The van der Waals surface area contributed by atoms with Crippen LogP contribution in [0.4, 0.5) is 0 Å². The molecule has 0 heterocycles. The Hall–Kier alpha value is -1.39. The maximum absolute atomic E-state index is 12.5. The minimum absolute atomic E-state index is 0.0646. The monoisotopic (exact) mass is 1120 g/mol. The third-order valence-corrected chi connectivity index (χ3v) is 17.6. The normalized spacial score (nSPS) is 12.8. The molecule has 0 bridgehead atoms. The Balaban J connectivity index is 3.42. The van der Waals surface area contributed by atoms with Crippen LogP contribution in [-0.4, -0.2) is 34.9 Å². The first kappa shape index (κ1) is 78.6. The lowest BCUT2D eigenvalue weighted by Gasteiger charge is -2.19. The second-order valence-corrected chi connectivity index (χ2v) is 25.7. The summed E-state index contributed by atoms with van der Waals surface area (Å²) in [7, 11) is 0. The predicted octanol–water partition coefficient (Wildman–Crippen LogP) is 25.5. The summed E-state index contributed by atoms with van der Waals surface area (Å²) in [5.41, 5.74) is 0. The number of carbonyl (C=O) groups excluding carboxylic acids is 1. The molecule has 3 N–H and O–H groups in total. The summed E-state index contributed by atoms with van der Waals surface area (Å²) >= 11 is 0. The zero-order valence-corrected chi connectivity index (χ0v) is 54.9. The van der Waals surface area contributed by atoms with Crippen molar-refractivity contribution in [3.8, 4) is 0 Å². The van der Waals surface area contributed by atoms with Gasteiger partial charge in [0.25, 0.3) is 0 Å². The number of carbonyl (C=O) groups is 1. The highest BCUT2D eigenvalue weighted by molar-refractivity contribution is 5.76. The zero-order chi connectivity index (χ0) is 57.6. The van der Waals surface area contributed by atoms with E-state index in [1.165, 1.54) is 372 Å². The molecule has 0 fully saturated rings. The molecule has 4 heteroatoms. The van der Waals surface area contributed by atoms with Crippen LogP contribution in [0.3, 0.4) is 0 Å². The number of allylic oxidation sites excluding steroid dienone is 5. The summed E-state index contributed by atoms with van der Waals surface area (Å²) in [4.78, 5) is 12.5. The molecule has 0 aromatic rings. The van der Waals surface area contributed by atoms with Gasteiger partial charge in [0.1, 0.15) is 0 Å². The van der Waals surface area contributed by atoms with Crippen LogP contribution >= 0.6 is 0 Å². The summed E-state index contributed by atoms with van der Waals surface area (Å²) in [6.07, 6.45) is 99.8. The molecule has 0 radical (unpaired) electrons. The van der Waals surface area contributed by atoms with Crippen molar-refractivity contribution in [1.82, 2.24) is 5.32 Å². The average molecular weight is 1120 g/mol. The van der Waals surface area contributed by atoms with E-state index in [-0.39, 0.29) is 12.5 Å². The van der Waals surface area contributed by atoms with Crippen molar-refractivity contribution in [3.05, 3.63) is 36.5 Å². The standard InChI is InChI=1S/C76H147NO3/c1-3-5-7-9-11-13-15-17-19-21-23-25-27-29-31-33-35-37-38-40-42-44-46-48-50-52-54-56-58-60-62-64-66-68-70-72-76(80)77-74(73-78)75(79)71-69-67-65-63-61-59-57-55-53-51-49-47-45-43-41-39-36-34-32-30-28-26-24-22-20-18-16-14-12-10-8-6-4-2/h21,23,61,63,69,71,74-75,78-79H,3-20,22,24-60,62,64-68,70,72-73H2,1-2H3,(H,77,80)/b23-21-,63-61+,71-69+. The van der Waals surface area contributed by atoms with Crippen molar-refractivity contribution in [2.24, 2.45) is 0 Å². The molecular weight excluding hydrogens is 975 g/mol. The van der Waals surface area contributed by atoms with Gasteiger partial charge in [0.05, 0.1) is 18.8 Å². The number of hydrogen-bond donors (Lipinski definition) is 3. The Bertz CT molecular complexity index is 1230. The number of rotatable bonds is 70. The molecule has 2 atom stereocenters. The third kappa shape index (κ3) is 67.4. The fourth-order valence-corrected chi connectivity index (χ4v) is 12.0. The Morgan fingerprint density at radius 3 is 0.725 bits per heavy atom. The molecule has 2 unspecified atom stereocenters.